The zero-order valence-electron chi connectivity index (χ0n) is 16.5. The van der Waals surface area contributed by atoms with Crippen molar-refractivity contribution < 1.29 is 17.9 Å². The maximum atomic E-state index is 13.3. The highest BCUT2D eigenvalue weighted by molar-refractivity contribution is 7.92. The lowest BCUT2D eigenvalue weighted by Crippen LogP contribution is -2.38. The van der Waals surface area contributed by atoms with E-state index in [0.717, 1.165) is 9.87 Å². The smallest absolute Gasteiger partial charge is 0.264 e. The van der Waals surface area contributed by atoms with Crippen LogP contribution in [0.2, 0.25) is 5.02 Å². The summed E-state index contributed by atoms with van der Waals surface area (Å²) in [6.45, 7) is 1.47. The molecule has 0 atom stereocenters. The van der Waals surface area contributed by atoms with Crippen molar-refractivity contribution in [2.75, 3.05) is 23.3 Å². The number of para-hydroxylation sites is 1. The zero-order chi connectivity index (χ0) is 21.7. The zero-order valence-corrected chi connectivity index (χ0v) is 18.1. The highest BCUT2D eigenvalue weighted by Gasteiger charge is 2.27. The monoisotopic (exact) mass is 444 g/mol. The quantitative estimate of drug-likeness (QED) is 0.582. The lowest BCUT2D eigenvalue weighted by atomic mass is 10.2. The summed E-state index contributed by atoms with van der Waals surface area (Å²) >= 11 is 5.89. The van der Waals surface area contributed by atoms with E-state index >= 15 is 0 Å². The number of carbonyl (C=O) groups is 1. The normalized spacial score (nSPS) is 11.0. The largest absolute Gasteiger partial charge is 0.497 e. The Morgan fingerprint density at radius 3 is 2.23 bits per heavy atom. The Balaban J connectivity index is 1.95. The second-order valence-electron chi connectivity index (χ2n) is 6.53. The fourth-order valence-corrected chi connectivity index (χ4v) is 4.38. The lowest BCUT2D eigenvalue weighted by Gasteiger charge is -2.24. The highest BCUT2D eigenvalue weighted by Crippen LogP contribution is 2.27. The van der Waals surface area contributed by atoms with Crippen LogP contribution in [0.25, 0.3) is 0 Å². The van der Waals surface area contributed by atoms with Gasteiger partial charge in [0.1, 0.15) is 12.3 Å². The topological polar surface area (TPSA) is 75.7 Å². The summed E-state index contributed by atoms with van der Waals surface area (Å²) in [6, 6.07) is 19.6. The van der Waals surface area contributed by atoms with Gasteiger partial charge in [0.05, 0.1) is 17.7 Å². The molecule has 3 aromatic carbocycles. The van der Waals surface area contributed by atoms with E-state index < -0.39 is 22.5 Å². The molecule has 0 aliphatic heterocycles. The van der Waals surface area contributed by atoms with E-state index in [1.54, 1.807) is 36.4 Å². The number of amides is 1. The van der Waals surface area contributed by atoms with Gasteiger partial charge in [0.15, 0.2) is 0 Å². The SMILES string of the molecule is COc1ccc(N(CC(=O)Nc2ccccc2C)S(=O)(=O)c2ccc(Cl)cc2)cc1. The van der Waals surface area contributed by atoms with Gasteiger partial charge >= 0.3 is 0 Å². The van der Waals surface area contributed by atoms with Crippen molar-refractivity contribution in [2.45, 2.75) is 11.8 Å². The summed E-state index contributed by atoms with van der Waals surface area (Å²) in [5.74, 6) is 0.115. The first-order valence-corrected chi connectivity index (χ1v) is 10.9. The molecule has 0 bridgehead atoms. The van der Waals surface area contributed by atoms with Gasteiger partial charge in [-0.25, -0.2) is 8.42 Å². The number of anilines is 2. The molecule has 0 spiro atoms. The van der Waals surface area contributed by atoms with E-state index in [-0.39, 0.29) is 4.90 Å². The molecule has 0 aliphatic rings. The summed E-state index contributed by atoms with van der Waals surface area (Å²) < 4.78 is 32.9. The van der Waals surface area contributed by atoms with E-state index in [1.807, 2.05) is 19.1 Å². The number of hydrogen-bond donors (Lipinski definition) is 1. The van der Waals surface area contributed by atoms with Crippen LogP contribution in [-0.4, -0.2) is 28.0 Å². The van der Waals surface area contributed by atoms with Crippen LogP contribution in [0.4, 0.5) is 11.4 Å². The van der Waals surface area contributed by atoms with Gasteiger partial charge in [-0.1, -0.05) is 29.8 Å². The highest BCUT2D eigenvalue weighted by atomic mass is 35.5. The molecule has 0 saturated heterocycles. The predicted molar refractivity (Wildman–Crippen MR) is 119 cm³/mol. The third-order valence-electron chi connectivity index (χ3n) is 4.47. The molecule has 0 unspecified atom stereocenters. The van der Waals surface area contributed by atoms with E-state index in [2.05, 4.69) is 5.32 Å². The molecule has 156 valence electrons. The summed E-state index contributed by atoms with van der Waals surface area (Å²) in [4.78, 5) is 12.8. The number of ether oxygens (including phenoxy) is 1. The Kier molecular flexibility index (Phi) is 6.64. The van der Waals surface area contributed by atoms with Gasteiger partial charge in [-0.3, -0.25) is 9.10 Å². The second kappa shape index (κ2) is 9.19. The van der Waals surface area contributed by atoms with Crippen LogP contribution >= 0.6 is 11.6 Å². The van der Waals surface area contributed by atoms with Crippen molar-refractivity contribution in [3.05, 3.63) is 83.4 Å². The molecule has 1 N–H and O–H groups in total. The van der Waals surface area contributed by atoms with Gasteiger partial charge in [0, 0.05) is 10.7 Å². The molecule has 0 fully saturated rings. The van der Waals surface area contributed by atoms with Crippen LogP contribution < -0.4 is 14.4 Å². The third-order valence-corrected chi connectivity index (χ3v) is 6.51. The van der Waals surface area contributed by atoms with Crippen LogP contribution in [0.1, 0.15) is 5.56 Å². The molecule has 0 aliphatic carbocycles. The third kappa shape index (κ3) is 4.93. The Hall–Kier alpha value is -3.03. The number of methoxy groups -OCH3 is 1. The average Bonchev–Trinajstić information content (AvgIpc) is 2.74. The summed E-state index contributed by atoms with van der Waals surface area (Å²) in [5.41, 5.74) is 1.84. The van der Waals surface area contributed by atoms with Crippen molar-refractivity contribution in [1.29, 1.82) is 0 Å². The molecule has 3 rings (SSSR count). The van der Waals surface area contributed by atoms with Crippen molar-refractivity contribution >= 4 is 38.9 Å². The standard InChI is InChI=1S/C22H21ClN2O4S/c1-16-5-3-4-6-21(16)24-22(26)15-25(18-9-11-19(29-2)12-10-18)30(27,28)20-13-7-17(23)8-14-20/h3-14H,15H2,1-2H3,(H,24,26). The number of nitrogens with zero attached hydrogens (tertiary/aromatic N) is 1. The van der Waals surface area contributed by atoms with Gasteiger partial charge in [-0.05, 0) is 67.1 Å². The van der Waals surface area contributed by atoms with Crippen molar-refractivity contribution in [3.8, 4) is 5.75 Å². The Bertz CT molecular complexity index is 1130. The summed E-state index contributed by atoms with van der Waals surface area (Å²) in [7, 11) is -2.49. The van der Waals surface area contributed by atoms with Gasteiger partial charge in [-0.2, -0.15) is 0 Å². The molecule has 30 heavy (non-hydrogen) atoms. The number of rotatable bonds is 7. The predicted octanol–water partition coefficient (Wildman–Crippen LogP) is 4.49. The summed E-state index contributed by atoms with van der Waals surface area (Å²) in [5, 5.41) is 3.19. The minimum Gasteiger partial charge on any atom is -0.497 e. The average molecular weight is 445 g/mol. The van der Waals surface area contributed by atoms with Crippen LogP contribution in [0.15, 0.2) is 77.7 Å². The molecule has 1 amide bonds. The maximum absolute atomic E-state index is 13.3. The lowest BCUT2D eigenvalue weighted by molar-refractivity contribution is -0.114. The number of nitrogens with one attached hydrogen (secondary N) is 1. The van der Waals surface area contributed by atoms with Crippen molar-refractivity contribution in [2.24, 2.45) is 0 Å². The molecule has 8 heteroatoms. The van der Waals surface area contributed by atoms with E-state index in [1.165, 1.54) is 31.4 Å². The molecular formula is C22H21ClN2O4S. The first kappa shape index (κ1) is 21.7. The Labute approximate surface area is 181 Å². The number of sulfonamides is 1. The molecular weight excluding hydrogens is 424 g/mol. The molecule has 0 aromatic heterocycles. The first-order valence-electron chi connectivity index (χ1n) is 9.09. The number of halogens is 1. The van der Waals surface area contributed by atoms with Crippen LogP contribution in [-0.2, 0) is 14.8 Å². The maximum Gasteiger partial charge on any atom is 0.264 e. The number of aryl methyl sites for hydroxylation is 1. The molecule has 6 nitrogen and oxygen atoms in total. The summed E-state index contributed by atoms with van der Waals surface area (Å²) in [6.07, 6.45) is 0. The van der Waals surface area contributed by atoms with Crippen molar-refractivity contribution in [3.63, 3.8) is 0 Å². The van der Waals surface area contributed by atoms with Crippen LogP contribution in [0.3, 0.4) is 0 Å². The van der Waals surface area contributed by atoms with Gasteiger partial charge in [0.2, 0.25) is 5.91 Å². The molecule has 0 radical (unpaired) electrons. The minimum atomic E-state index is -4.01. The van der Waals surface area contributed by atoms with Crippen molar-refractivity contribution in [1.82, 2.24) is 0 Å². The Morgan fingerprint density at radius 2 is 1.63 bits per heavy atom. The van der Waals surface area contributed by atoms with E-state index in [9.17, 15) is 13.2 Å². The van der Waals surface area contributed by atoms with E-state index in [0.29, 0.717) is 22.1 Å². The fourth-order valence-electron chi connectivity index (χ4n) is 2.83. The van der Waals surface area contributed by atoms with E-state index in [4.69, 9.17) is 16.3 Å². The molecule has 3 aromatic rings. The Morgan fingerprint density at radius 1 is 1.00 bits per heavy atom. The number of carbonyl (C=O) groups excluding carboxylic acids is 1. The van der Waals surface area contributed by atoms with Gasteiger partial charge in [0.25, 0.3) is 10.0 Å². The van der Waals surface area contributed by atoms with Gasteiger partial charge < -0.3 is 10.1 Å². The second-order valence-corrected chi connectivity index (χ2v) is 8.83. The molecule has 0 heterocycles. The van der Waals surface area contributed by atoms with Crippen LogP contribution in [0.5, 0.6) is 5.75 Å². The van der Waals surface area contributed by atoms with Gasteiger partial charge in [-0.15, -0.1) is 0 Å². The van der Waals surface area contributed by atoms with Crippen LogP contribution in [0, 0.1) is 6.92 Å². The molecule has 0 saturated carbocycles. The number of benzene rings is 3. The number of hydrogen-bond acceptors (Lipinski definition) is 4. The fraction of sp³-hybridized carbons (Fsp3) is 0.136. The minimum absolute atomic E-state index is 0.0337. The first-order chi connectivity index (χ1) is 14.3.